The second-order valence-electron chi connectivity index (χ2n) is 7.85. The van der Waals surface area contributed by atoms with Crippen molar-refractivity contribution in [3.8, 4) is 17.2 Å². The zero-order valence-electron chi connectivity index (χ0n) is 20.3. The van der Waals surface area contributed by atoms with Crippen LogP contribution in [0.3, 0.4) is 0 Å². The Morgan fingerprint density at radius 1 is 0.944 bits per heavy atom. The molecule has 0 aliphatic heterocycles. The third-order valence-electron chi connectivity index (χ3n) is 5.57. The number of para-hydroxylation sites is 1. The number of aromatic nitrogens is 2. The normalized spacial score (nSPS) is 10.8. The summed E-state index contributed by atoms with van der Waals surface area (Å²) in [4.78, 5) is 30.8. The van der Waals surface area contributed by atoms with Gasteiger partial charge in [-0.05, 0) is 24.1 Å². The lowest BCUT2D eigenvalue weighted by molar-refractivity contribution is -0.113. The Labute approximate surface area is 213 Å². The lowest BCUT2D eigenvalue weighted by atomic mass is 10.1. The highest BCUT2D eigenvalue weighted by atomic mass is 32.2. The molecule has 0 spiro atoms. The molecule has 3 aromatic carbocycles. The molecule has 4 rings (SSSR count). The van der Waals surface area contributed by atoms with Gasteiger partial charge >= 0.3 is 0 Å². The van der Waals surface area contributed by atoms with Gasteiger partial charge in [-0.1, -0.05) is 54.2 Å². The number of nitrogens with one attached hydrogen (secondary N) is 1. The van der Waals surface area contributed by atoms with Crippen molar-refractivity contribution in [3.63, 3.8) is 0 Å². The first kappa shape index (κ1) is 25.1. The fourth-order valence-electron chi connectivity index (χ4n) is 3.82. The predicted molar refractivity (Wildman–Crippen MR) is 142 cm³/mol. The number of carbonyl (C=O) groups excluding carboxylic acids is 1. The Morgan fingerprint density at radius 2 is 1.61 bits per heavy atom. The summed E-state index contributed by atoms with van der Waals surface area (Å²) in [5.41, 5.74) is 2.10. The van der Waals surface area contributed by atoms with E-state index in [0.717, 1.165) is 5.56 Å². The van der Waals surface area contributed by atoms with E-state index in [4.69, 9.17) is 19.2 Å². The number of rotatable bonds is 10. The predicted octanol–water partition coefficient (Wildman–Crippen LogP) is 4.40. The first-order valence-electron chi connectivity index (χ1n) is 11.3. The molecule has 36 heavy (non-hydrogen) atoms. The standard InChI is InChI=1S/C27H27N3O5S/c1-33-22-15-19(16-23(34-2)25(22)35-3)28-24(31)17-36-27-29-21-12-8-7-11-20(21)26(32)30(27)14-13-18-9-5-4-6-10-18/h4-12,15-16H,13-14,17H2,1-3H3,(H,28,31). The largest absolute Gasteiger partial charge is 0.493 e. The summed E-state index contributed by atoms with van der Waals surface area (Å²) >= 11 is 1.22. The molecule has 186 valence electrons. The van der Waals surface area contributed by atoms with Gasteiger partial charge in [0.15, 0.2) is 16.7 Å². The molecule has 0 radical (unpaired) electrons. The maximum absolute atomic E-state index is 13.3. The quantitative estimate of drug-likeness (QED) is 0.252. The average molecular weight is 506 g/mol. The highest BCUT2D eigenvalue weighted by Crippen LogP contribution is 2.40. The van der Waals surface area contributed by atoms with E-state index in [9.17, 15) is 9.59 Å². The van der Waals surface area contributed by atoms with E-state index >= 15 is 0 Å². The van der Waals surface area contributed by atoms with Gasteiger partial charge in [-0.25, -0.2) is 4.98 Å². The minimum absolute atomic E-state index is 0.0623. The third kappa shape index (κ3) is 5.63. The van der Waals surface area contributed by atoms with Crippen LogP contribution in [0.2, 0.25) is 0 Å². The molecule has 1 aromatic heterocycles. The van der Waals surface area contributed by atoms with Crippen LogP contribution in [0.5, 0.6) is 17.2 Å². The first-order valence-corrected chi connectivity index (χ1v) is 12.3. The number of carbonyl (C=O) groups is 1. The lowest BCUT2D eigenvalue weighted by Crippen LogP contribution is -2.25. The molecule has 8 nitrogen and oxygen atoms in total. The lowest BCUT2D eigenvalue weighted by Gasteiger charge is -2.15. The summed E-state index contributed by atoms with van der Waals surface area (Å²) in [6, 6.07) is 20.5. The summed E-state index contributed by atoms with van der Waals surface area (Å²) in [5.74, 6) is 1.12. The van der Waals surface area contributed by atoms with Crippen LogP contribution < -0.4 is 25.1 Å². The molecule has 0 atom stereocenters. The van der Waals surface area contributed by atoms with Crippen LogP contribution in [0.4, 0.5) is 5.69 Å². The Bertz CT molecular complexity index is 1400. The minimum Gasteiger partial charge on any atom is -0.493 e. The Balaban J connectivity index is 1.55. The average Bonchev–Trinajstić information content (AvgIpc) is 2.91. The Morgan fingerprint density at radius 3 is 2.28 bits per heavy atom. The number of nitrogens with zero attached hydrogens (tertiary/aromatic N) is 2. The number of thioether (sulfide) groups is 1. The number of hydrogen-bond donors (Lipinski definition) is 1. The van der Waals surface area contributed by atoms with E-state index in [2.05, 4.69) is 5.32 Å². The Hall–Kier alpha value is -3.98. The van der Waals surface area contributed by atoms with Crippen molar-refractivity contribution in [3.05, 3.63) is 82.6 Å². The number of fused-ring (bicyclic) bond motifs is 1. The van der Waals surface area contributed by atoms with E-state index in [-0.39, 0.29) is 17.2 Å². The fraction of sp³-hybridized carbons (Fsp3) is 0.222. The molecular formula is C27H27N3O5S. The number of hydrogen-bond acceptors (Lipinski definition) is 7. The topological polar surface area (TPSA) is 91.7 Å². The van der Waals surface area contributed by atoms with E-state index in [1.165, 1.54) is 33.1 Å². The van der Waals surface area contributed by atoms with Gasteiger partial charge in [0.2, 0.25) is 11.7 Å². The van der Waals surface area contributed by atoms with E-state index in [1.54, 1.807) is 28.8 Å². The number of anilines is 1. The van der Waals surface area contributed by atoms with Crippen LogP contribution in [-0.2, 0) is 17.8 Å². The minimum atomic E-state index is -0.258. The second-order valence-corrected chi connectivity index (χ2v) is 8.80. The number of amides is 1. The first-order chi connectivity index (χ1) is 17.5. The maximum Gasteiger partial charge on any atom is 0.262 e. The van der Waals surface area contributed by atoms with Crippen molar-refractivity contribution >= 4 is 34.3 Å². The van der Waals surface area contributed by atoms with Gasteiger partial charge in [0.05, 0.1) is 38.0 Å². The van der Waals surface area contributed by atoms with Gasteiger partial charge in [-0.3, -0.25) is 14.2 Å². The van der Waals surface area contributed by atoms with Crippen LogP contribution in [0.15, 0.2) is 76.7 Å². The number of ether oxygens (including phenoxy) is 3. The molecule has 0 saturated heterocycles. The molecule has 0 aliphatic carbocycles. The van der Waals surface area contributed by atoms with Crippen LogP contribution in [0.1, 0.15) is 5.56 Å². The van der Waals surface area contributed by atoms with Crippen LogP contribution in [0, 0.1) is 0 Å². The number of methoxy groups -OCH3 is 3. The summed E-state index contributed by atoms with van der Waals surface area (Å²) in [5, 5.41) is 3.90. The van der Waals surface area contributed by atoms with Gasteiger partial charge in [0, 0.05) is 24.4 Å². The molecule has 1 heterocycles. The number of benzene rings is 3. The van der Waals surface area contributed by atoms with E-state index < -0.39 is 0 Å². The smallest absolute Gasteiger partial charge is 0.262 e. The van der Waals surface area contributed by atoms with Gasteiger partial charge in [-0.2, -0.15) is 0 Å². The van der Waals surface area contributed by atoms with Gasteiger partial charge < -0.3 is 19.5 Å². The SMILES string of the molecule is COc1cc(NC(=O)CSc2nc3ccccc3c(=O)n2CCc2ccccc2)cc(OC)c1OC. The van der Waals surface area contributed by atoms with Gasteiger partial charge in [0.1, 0.15) is 0 Å². The molecule has 9 heteroatoms. The van der Waals surface area contributed by atoms with Crippen LogP contribution >= 0.6 is 11.8 Å². The highest BCUT2D eigenvalue weighted by molar-refractivity contribution is 7.99. The molecular weight excluding hydrogens is 478 g/mol. The zero-order chi connectivity index (χ0) is 25.5. The molecule has 0 saturated carbocycles. The van der Waals surface area contributed by atoms with Gasteiger partial charge in [0.25, 0.3) is 5.56 Å². The fourth-order valence-corrected chi connectivity index (χ4v) is 4.65. The van der Waals surface area contributed by atoms with Crippen molar-refractivity contribution in [2.24, 2.45) is 0 Å². The molecule has 0 bridgehead atoms. The molecule has 0 unspecified atom stereocenters. The maximum atomic E-state index is 13.3. The summed E-state index contributed by atoms with van der Waals surface area (Å²) in [6.07, 6.45) is 0.673. The van der Waals surface area contributed by atoms with Crippen molar-refractivity contribution in [1.82, 2.24) is 9.55 Å². The van der Waals surface area contributed by atoms with Gasteiger partial charge in [-0.15, -0.1) is 0 Å². The highest BCUT2D eigenvalue weighted by Gasteiger charge is 2.16. The molecule has 1 amide bonds. The van der Waals surface area contributed by atoms with Crippen LogP contribution in [0.25, 0.3) is 10.9 Å². The summed E-state index contributed by atoms with van der Waals surface area (Å²) in [6.45, 7) is 0.456. The van der Waals surface area contributed by atoms with Crippen molar-refractivity contribution in [1.29, 1.82) is 0 Å². The van der Waals surface area contributed by atoms with Crippen LogP contribution in [-0.4, -0.2) is 42.5 Å². The summed E-state index contributed by atoms with van der Waals surface area (Å²) < 4.78 is 17.7. The van der Waals surface area contributed by atoms with E-state index in [0.29, 0.717) is 52.0 Å². The van der Waals surface area contributed by atoms with E-state index in [1.807, 2.05) is 42.5 Å². The van der Waals surface area contributed by atoms with Crippen molar-refractivity contribution in [2.45, 2.75) is 18.1 Å². The Kier molecular flexibility index (Phi) is 8.12. The molecule has 1 N–H and O–H groups in total. The summed E-state index contributed by atoms with van der Waals surface area (Å²) in [7, 11) is 4.54. The molecule has 0 fully saturated rings. The number of aryl methyl sites for hydroxylation is 1. The molecule has 0 aliphatic rings. The second kappa shape index (κ2) is 11.6. The van der Waals surface area contributed by atoms with Crippen molar-refractivity contribution in [2.75, 3.05) is 32.4 Å². The molecule has 4 aromatic rings. The monoisotopic (exact) mass is 505 g/mol. The van der Waals surface area contributed by atoms with Crippen molar-refractivity contribution < 1.29 is 19.0 Å². The zero-order valence-corrected chi connectivity index (χ0v) is 21.1. The third-order valence-corrected chi connectivity index (χ3v) is 6.55.